The normalized spacial score (nSPS) is 13.8. The summed E-state index contributed by atoms with van der Waals surface area (Å²) in [6.07, 6.45) is 0.739. The average Bonchev–Trinajstić information content (AvgIpc) is 3.14. The van der Waals surface area contributed by atoms with E-state index in [1.165, 1.54) is 23.5 Å². The predicted octanol–water partition coefficient (Wildman–Crippen LogP) is 4.91. The van der Waals surface area contributed by atoms with Crippen molar-refractivity contribution in [2.24, 2.45) is 0 Å². The Morgan fingerprint density at radius 2 is 1.75 bits per heavy atom. The first-order valence-corrected chi connectivity index (χ1v) is 11.4. The van der Waals surface area contributed by atoms with Crippen LogP contribution < -0.4 is 5.32 Å². The van der Waals surface area contributed by atoms with Gasteiger partial charge in [-0.2, -0.15) is 0 Å². The predicted molar refractivity (Wildman–Crippen MR) is 125 cm³/mol. The van der Waals surface area contributed by atoms with Crippen LogP contribution in [0.2, 0.25) is 0 Å². The SMILES string of the molecule is Cc1c(-c2ccccc2)sc(NC(=O)CCc2ccc(F)cc2)c1C(=O)N1CCOCC1. The van der Waals surface area contributed by atoms with Crippen LogP contribution in [0.15, 0.2) is 54.6 Å². The highest BCUT2D eigenvalue weighted by Crippen LogP contribution is 2.40. The first-order valence-electron chi connectivity index (χ1n) is 10.6. The zero-order valence-corrected chi connectivity index (χ0v) is 18.7. The molecule has 1 fully saturated rings. The Hall–Kier alpha value is -3.03. The van der Waals surface area contributed by atoms with E-state index in [0.29, 0.717) is 43.3 Å². The number of rotatable bonds is 6. The van der Waals surface area contributed by atoms with E-state index < -0.39 is 0 Å². The summed E-state index contributed by atoms with van der Waals surface area (Å²) in [6.45, 7) is 4.03. The Morgan fingerprint density at radius 1 is 1.06 bits per heavy atom. The Balaban J connectivity index is 1.58. The number of hydrogen-bond acceptors (Lipinski definition) is 4. The van der Waals surface area contributed by atoms with E-state index in [9.17, 15) is 14.0 Å². The van der Waals surface area contributed by atoms with Gasteiger partial charge in [-0.15, -0.1) is 11.3 Å². The molecule has 5 nitrogen and oxygen atoms in total. The van der Waals surface area contributed by atoms with Crippen molar-refractivity contribution in [1.82, 2.24) is 4.90 Å². The smallest absolute Gasteiger partial charge is 0.257 e. The highest BCUT2D eigenvalue weighted by Gasteiger charge is 2.27. The summed E-state index contributed by atoms with van der Waals surface area (Å²) >= 11 is 1.42. The lowest BCUT2D eigenvalue weighted by Crippen LogP contribution is -2.41. The van der Waals surface area contributed by atoms with Crippen molar-refractivity contribution < 1.29 is 18.7 Å². The van der Waals surface area contributed by atoms with Gasteiger partial charge in [0.25, 0.3) is 5.91 Å². The molecule has 1 saturated heterocycles. The molecule has 7 heteroatoms. The second-order valence-electron chi connectivity index (χ2n) is 7.71. The molecule has 0 aliphatic carbocycles. The van der Waals surface area contributed by atoms with Crippen molar-refractivity contribution in [1.29, 1.82) is 0 Å². The molecule has 0 radical (unpaired) electrons. The standard InChI is InChI=1S/C25H25FN2O3S/c1-17-22(25(30)28-13-15-31-16-14-28)24(32-23(17)19-5-3-2-4-6-19)27-21(29)12-9-18-7-10-20(26)11-8-18/h2-8,10-11H,9,12-16H2,1H3,(H,27,29). The summed E-state index contributed by atoms with van der Waals surface area (Å²) in [5.41, 5.74) is 3.31. The Morgan fingerprint density at radius 3 is 2.44 bits per heavy atom. The van der Waals surface area contributed by atoms with Gasteiger partial charge in [0, 0.05) is 24.4 Å². The van der Waals surface area contributed by atoms with Gasteiger partial charge in [-0.25, -0.2) is 4.39 Å². The third kappa shape index (κ3) is 5.06. The first-order chi connectivity index (χ1) is 15.5. The fourth-order valence-corrected chi connectivity index (χ4v) is 4.97. The number of ether oxygens (including phenoxy) is 1. The lowest BCUT2D eigenvalue weighted by Gasteiger charge is -2.27. The molecule has 0 saturated carbocycles. The molecule has 0 atom stereocenters. The zero-order valence-electron chi connectivity index (χ0n) is 17.9. The summed E-state index contributed by atoms with van der Waals surface area (Å²) < 4.78 is 18.5. The monoisotopic (exact) mass is 452 g/mol. The number of hydrogen-bond donors (Lipinski definition) is 1. The fourth-order valence-electron chi connectivity index (χ4n) is 3.75. The number of nitrogens with zero attached hydrogens (tertiary/aromatic N) is 1. The lowest BCUT2D eigenvalue weighted by molar-refractivity contribution is -0.116. The third-order valence-electron chi connectivity index (χ3n) is 5.50. The average molecular weight is 453 g/mol. The molecule has 166 valence electrons. The molecule has 4 rings (SSSR count). The molecule has 0 bridgehead atoms. The van der Waals surface area contributed by atoms with Crippen molar-refractivity contribution >= 4 is 28.2 Å². The van der Waals surface area contributed by atoms with Crippen molar-refractivity contribution in [3.8, 4) is 10.4 Å². The minimum atomic E-state index is -0.299. The van der Waals surface area contributed by atoms with Gasteiger partial charge in [0.15, 0.2) is 0 Å². The minimum Gasteiger partial charge on any atom is -0.378 e. The van der Waals surface area contributed by atoms with Crippen LogP contribution in [0.3, 0.4) is 0 Å². The highest BCUT2D eigenvalue weighted by molar-refractivity contribution is 7.20. The largest absolute Gasteiger partial charge is 0.378 e. The van der Waals surface area contributed by atoms with Crippen molar-refractivity contribution in [2.45, 2.75) is 19.8 Å². The molecule has 2 aromatic carbocycles. The summed E-state index contributed by atoms with van der Waals surface area (Å²) in [5.74, 6) is -0.559. The van der Waals surface area contributed by atoms with Crippen LogP contribution in [0.4, 0.5) is 9.39 Å². The molecule has 2 amide bonds. The molecule has 1 N–H and O–H groups in total. The number of amides is 2. The number of nitrogens with one attached hydrogen (secondary N) is 1. The number of benzene rings is 2. The second-order valence-corrected chi connectivity index (χ2v) is 8.73. The molecule has 1 aliphatic heterocycles. The number of halogens is 1. The van der Waals surface area contributed by atoms with Gasteiger partial charge in [-0.05, 0) is 42.2 Å². The van der Waals surface area contributed by atoms with Crippen molar-refractivity contribution in [2.75, 3.05) is 31.6 Å². The number of thiophene rings is 1. The summed E-state index contributed by atoms with van der Waals surface area (Å²) in [7, 11) is 0. The van der Waals surface area contributed by atoms with E-state index in [4.69, 9.17) is 4.74 Å². The van der Waals surface area contributed by atoms with E-state index in [1.807, 2.05) is 37.3 Å². The van der Waals surface area contributed by atoms with Crippen LogP contribution in [-0.4, -0.2) is 43.0 Å². The minimum absolute atomic E-state index is 0.0851. The maximum atomic E-state index is 13.4. The Kier molecular flexibility index (Phi) is 6.97. The molecule has 2 heterocycles. The maximum Gasteiger partial charge on any atom is 0.257 e. The second kappa shape index (κ2) is 10.1. The van der Waals surface area contributed by atoms with Gasteiger partial charge >= 0.3 is 0 Å². The molecular formula is C25H25FN2O3S. The number of carbonyl (C=O) groups is 2. The highest BCUT2D eigenvalue weighted by atomic mass is 32.1. The summed E-state index contributed by atoms with van der Waals surface area (Å²) in [6, 6.07) is 16.0. The maximum absolute atomic E-state index is 13.4. The molecular weight excluding hydrogens is 427 g/mol. The van der Waals surface area contributed by atoms with Crippen LogP contribution >= 0.6 is 11.3 Å². The van der Waals surface area contributed by atoms with Gasteiger partial charge in [-0.3, -0.25) is 9.59 Å². The molecule has 1 aliphatic rings. The summed E-state index contributed by atoms with van der Waals surface area (Å²) in [4.78, 5) is 28.9. The van der Waals surface area contributed by atoms with E-state index >= 15 is 0 Å². The molecule has 0 unspecified atom stereocenters. The quantitative estimate of drug-likeness (QED) is 0.578. The van der Waals surface area contributed by atoms with E-state index in [0.717, 1.165) is 21.6 Å². The van der Waals surface area contributed by atoms with Gasteiger partial charge < -0.3 is 15.0 Å². The van der Waals surface area contributed by atoms with Crippen LogP contribution in [-0.2, 0) is 16.0 Å². The topological polar surface area (TPSA) is 58.6 Å². The molecule has 0 spiro atoms. The number of morpholine rings is 1. The molecule has 1 aromatic heterocycles. The number of anilines is 1. The van der Waals surface area contributed by atoms with Gasteiger partial charge in [0.2, 0.25) is 5.91 Å². The van der Waals surface area contributed by atoms with E-state index in [1.54, 1.807) is 17.0 Å². The fraction of sp³-hybridized carbons (Fsp3) is 0.280. The molecule has 3 aromatic rings. The zero-order chi connectivity index (χ0) is 22.5. The Labute approximate surface area is 190 Å². The van der Waals surface area contributed by atoms with Crippen molar-refractivity contribution in [3.63, 3.8) is 0 Å². The van der Waals surface area contributed by atoms with E-state index in [2.05, 4.69) is 5.32 Å². The van der Waals surface area contributed by atoms with Gasteiger partial charge in [0.05, 0.1) is 18.8 Å². The molecule has 32 heavy (non-hydrogen) atoms. The third-order valence-corrected chi connectivity index (χ3v) is 6.76. The number of aryl methyl sites for hydroxylation is 1. The Bertz CT molecular complexity index is 1090. The lowest BCUT2D eigenvalue weighted by atomic mass is 10.1. The number of carbonyl (C=O) groups excluding carboxylic acids is 2. The summed E-state index contributed by atoms with van der Waals surface area (Å²) in [5, 5.41) is 3.54. The van der Waals surface area contributed by atoms with Crippen LogP contribution in [0.1, 0.15) is 27.9 Å². The van der Waals surface area contributed by atoms with Gasteiger partial charge in [-0.1, -0.05) is 42.5 Å². The van der Waals surface area contributed by atoms with Crippen LogP contribution in [0.5, 0.6) is 0 Å². The van der Waals surface area contributed by atoms with Crippen LogP contribution in [0, 0.1) is 12.7 Å². The van der Waals surface area contributed by atoms with Crippen molar-refractivity contribution in [3.05, 3.63) is 77.1 Å². The first kappa shape index (κ1) is 22.2. The van der Waals surface area contributed by atoms with Gasteiger partial charge in [0.1, 0.15) is 10.8 Å². The van der Waals surface area contributed by atoms with Crippen LogP contribution in [0.25, 0.3) is 10.4 Å². The van der Waals surface area contributed by atoms with E-state index in [-0.39, 0.29) is 24.1 Å².